The Morgan fingerprint density at radius 3 is 0.717 bits per heavy atom. The van der Waals surface area contributed by atoms with Gasteiger partial charge in [-0.1, -0.05) is 231 Å². The standard InChI is InChI=1S/C44H80N2/c1-3-5-7-9-11-13-15-17-19-21-23-25-27-29-31-33-39-45-41-43-35-37-44(38-36-43)42-46-40-34-32-30-28-26-24-22-20-18-16-14-12-10-8-6-4-2/h35-38,41-42H,3-34,39-40H2,1-2H3. The Kier molecular flexibility index (Phi) is 33.7. The van der Waals surface area contributed by atoms with Gasteiger partial charge in [-0.3, -0.25) is 9.98 Å². The van der Waals surface area contributed by atoms with Crippen LogP contribution in [0.1, 0.15) is 230 Å². The number of aliphatic imine (C=N–C) groups is 2. The van der Waals surface area contributed by atoms with E-state index in [9.17, 15) is 0 Å². The van der Waals surface area contributed by atoms with Crippen LogP contribution in [0.2, 0.25) is 0 Å². The molecular formula is C44H80N2. The molecule has 0 saturated carbocycles. The van der Waals surface area contributed by atoms with E-state index in [0.717, 1.165) is 13.1 Å². The second-order valence-corrected chi connectivity index (χ2v) is 14.3. The van der Waals surface area contributed by atoms with Gasteiger partial charge in [0.1, 0.15) is 0 Å². The van der Waals surface area contributed by atoms with Crippen molar-refractivity contribution in [3.05, 3.63) is 35.4 Å². The smallest absolute Gasteiger partial charge is 0.0389 e. The first-order chi connectivity index (χ1) is 22.9. The van der Waals surface area contributed by atoms with Crippen molar-refractivity contribution < 1.29 is 0 Å². The van der Waals surface area contributed by atoms with Gasteiger partial charge in [0, 0.05) is 25.5 Å². The first-order valence-corrected chi connectivity index (χ1v) is 21.0. The molecule has 0 amide bonds. The fourth-order valence-corrected chi connectivity index (χ4v) is 6.51. The number of unbranched alkanes of at least 4 members (excludes halogenated alkanes) is 30. The number of hydrogen-bond acceptors (Lipinski definition) is 2. The summed E-state index contributed by atoms with van der Waals surface area (Å²) in [5.74, 6) is 0. The summed E-state index contributed by atoms with van der Waals surface area (Å²) < 4.78 is 0. The summed E-state index contributed by atoms with van der Waals surface area (Å²) >= 11 is 0. The van der Waals surface area contributed by atoms with Crippen LogP contribution >= 0.6 is 0 Å². The fraction of sp³-hybridized carbons (Fsp3) is 0.818. The Labute approximate surface area is 289 Å². The highest BCUT2D eigenvalue weighted by molar-refractivity contribution is 5.84. The van der Waals surface area contributed by atoms with Crippen molar-refractivity contribution in [1.82, 2.24) is 0 Å². The molecule has 0 atom stereocenters. The minimum absolute atomic E-state index is 0.959. The zero-order valence-corrected chi connectivity index (χ0v) is 31.4. The Morgan fingerprint density at radius 1 is 0.304 bits per heavy atom. The Morgan fingerprint density at radius 2 is 0.500 bits per heavy atom. The average molecular weight is 637 g/mol. The molecule has 2 nitrogen and oxygen atoms in total. The summed E-state index contributed by atoms with van der Waals surface area (Å²) in [5, 5.41) is 0. The number of rotatable bonds is 36. The van der Waals surface area contributed by atoms with Crippen LogP contribution in [-0.4, -0.2) is 25.5 Å². The van der Waals surface area contributed by atoms with Crippen molar-refractivity contribution in [1.29, 1.82) is 0 Å². The predicted molar refractivity (Wildman–Crippen MR) is 210 cm³/mol. The zero-order valence-electron chi connectivity index (χ0n) is 31.4. The van der Waals surface area contributed by atoms with E-state index in [0.29, 0.717) is 0 Å². The van der Waals surface area contributed by atoms with Crippen LogP contribution in [0.3, 0.4) is 0 Å². The highest BCUT2D eigenvalue weighted by Gasteiger charge is 1.97. The molecule has 0 heterocycles. The predicted octanol–water partition coefficient (Wildman–Crippen LogP) is 15.0. The van der Waals surface area contributed by atoms with Gasteiger partial charge in [0.15, 0.2) is 0 Å². The summed E-state index contributed by atoms with van der Waals surface area (Å²) in [6, 6.07) is 8.69. The van der Waals surface area contributed by atoms with Gasteiger partial charge in [0.05, 0.1) is 0 Å². The van der Waals surface area contributed by atoms with Crippen molar-refractivity contribution in [2.45, 2.75) is 219 Å². The van der Waals surface area contributed by atoms with Crippen LogP contribution in [0.15, 0.2) is 34.3 Å². The number of benzene rings is 1. The highest BCUT2D eigenvalue weighted by Crippen LogP contribution is 2.15. The van der Waals surface area contributed by atoms with Gasteiger partial charge in [-0.25, -0.2) is 0 Å². The number of nitrogens with zero attached hydrogens (tertiary/aromatic N) is 2. The van der Waals surface area contributed by atoms with Gasteiger partial charge in [0.2, 0.25) is 0 Å². The maximum Gasteiger partial charge on any atom is 0.0389 e. The first kappa shape index (κ1) is 42.6. The van der Waals surface area contributed by atoms with Crippen LogP contribution < -0.4 is 0 Å². The molecule has 0 aromatic heterocycles. The van der Waals surface area contributed by atoms with E-state index in [4.69, 9.17) is 0 Å². The lowest BCUT2D eigenvalue weighted by Gasteiger charge is -2.03. The van der Waals surface area contributed by atoms with Gasteiger partial charge in [-0.05, 0) is 24.0 Å². The average Bonchev–Trinajstić information content (AvgIpc) is 3.07. The molecule has 1 aromatic carbocycles. The van der Waals surface area contributed by atoms with E-state index < -0.39 is 0 Å². The third-order valence-electron chi connectivity index (χ3n) is 9.70. The van der Waals surface area contributed by atoms with Crippen molar-refractivity contribution in [3.63, 3.8) is 0 Å². The second-order valence-electron chi connectivity index (χ2n) is 14.3. The number of hydrogen-bond donors (Lipinski definition) is 0. The van der Waals surface area contributed by atoms with Crippen molar-refractivity contribution >= 4 is 12.4 Å². The molecule has 1 aromatic rings. The van der Waals surface area contributed by atoms with Gasteiger partial charge in [-0.2, -0.15) is 0 Å². The molecular weight excluding hydrogens is 556 g/mol. The molecule has 0 aliphatic heterocycles. The lowest BCUT2D eigenvalue weighted by molar-refractivity contribution is 0.530. The second kappa shape index (κ2) is 36.4. The molecule has 1 rings (SSSR count). The highest BCUT2D eigenvalue weighted by atomic mass is 14.7. The molecule has 0 radical (unpaired) electrons. The minimum atomic E-state index is 0.959. The van der Waals surface area contributed by atoms with E-state index in [-0.39, 0.29) is 0 Å². The molecule has 0 fully saturated rings. The van der Waals surface area contributed by atoms with E-state index in [1.54, 1.807) is 0 Å². The molecule has 0 spiro atoms. The molecule has 2 heteroatoms. The largest absolute Gasteiger partial charge is 0.293 e. The lowest BCUT2D eigenvalue weighted by atomic mass is 10.0. The van der Waals surface area contributed by atoms with Crippen molar-refractivity contribution in [3.8, 4) is 0 Å². The zero-order chi connectivity index (χ0) is 32.9. The molecule has 266 valence electrons. The first-order valence-electron chi connectivity index (χ1n) is 21.0. The molecule has 0 aliphatic carbocycles. The van der Waals surface area contributed by atoms with Crippen LogP contribution in [0.25, 0.3) is 0 Å². The summed E-state index contributed by atoms with van der Waals surface area (Å²) in [4.78, 5) is 9.34. The normalized spacial score (nSPS) is 11.9. The van der Waals surface area contributed by atoms with E-state index in [1.165, 1.54) is 217 Å². The monoisotopic (exact) mass is 637 g/mol. The van der Waals surface area contributed by atoms with Gasteiger partial charge >= 0.3 is 0 Å². The minimum Gasteiger partial charge on any atom is -0.293 e. The molecule has 0 bridgehead atoms. The van der Waals surface area contributed by atoms with Crippen LogP contribution in [0.4, 0.5) is 0 Å². The van der Waals surface area contributed by atoms with Crippen molar-refractivity contribution in [2.24, 2.45) is 9.98 Å². The topological polar surface area (TPSA) is 24.7 Å². The third-order valence-corrected chi connectivity index (χ3v) is 9.70. The van der Waals surface area contributed by atoms with Crippen molar-refractivity contribution in [2.75, 3.05) is 13.1 Å². The third kappa shape index (κ3) is 31.2. The van der Waals surface area contributed by atoms with Gasteiger partial charge in [0.25, 0.3) is 0 Å². The molecule has 0 N–H and O–H groups in total. The maximum absolute atomic E-state index is 4.67. The van der Waals surface area contributed by atoms with Crippen LogP contribution in [0.5, 0.6) is 0 Å². The Balaban J connectivity index is 1.85. The fourth-order valence-electron chi connectivity index (χ4n) is 6.51. The molecule has 0 unspecified atom stereocenters. The Hall–Kier alpha value is -1.44. The molecule has 0 aliphatic rings. The van der Waals surface area contributed by atoms with E-state index in [1.807, 2.05) is 12.4 Å². The lowest BCUT2D eigenvalue weighted by Crippen LogP contribution is -1.89. The van der Waals surface area contributed by atoms with E-state index in [2.05, 4.69) is 48.1 Å². The Bertz CT molecular complexity index is 700. The molecule has 46 heavy (non-hydrogen) atoms. The van der Waals surface area contributed by atoms with Gasteiger partial charge < -0.3 is 0 Å². The summed E-state index contributed by atoms with van der Waals surface area (Å²) in [6.07, 6.45) is 49.4. The molecule has 0 saturated heterocycles. The summed E-state index contributed by atoms with van der Waals surface area (Å²) in [5.41, 5.74) is 2.40. The maximum atomic E-state index is 4.67. The van der Waals surface area contributed by atoms with Gasteiger partial charge in [-0.15, -0.1) is 0 Å². The SMILES string of the molecule is CCCCCCCCCCCCCCCCCCN=Cc1ccc(C=NCCCCCCCCCCCCCCCCCC)cc1. The van der Waals surface area contributed by atoms with E-state index >= 15 is 0 Å². The summed E-state index contributed by atoms with van der Waals surface area (Å²) in [6.45, 7) is 6.52. The van der Waals surface area contributed by atoms with Crippen LogP contribution in [-0.2, 0) is 0 Å². The quantitative estimate of drug-likeness (QED) is 0.0517. The van der Waals surface area contributed by atoms with Crippen LogP contribution in [0, 0.1) is 0 Å². The summed E-state index contributed by atoms with van der Waals surface area (Å²) in [7, 11) is 0.